The van der Waals surface area contributed by atoms with Gasteiger partial charge in [-0.3, -0.25) is 9.69 Å². The molecule has 0 fully saturated rings. The molecular formula is C35H34FN3O4. The molecule has 3 aromatic carbocycles. The van der Waals surface area contributed by atoms with Crippen LogP contribution in [0.15, 0.2) is 90.3 Å². The van der Waals surface area contributed by atoms with E-state index < -0.39 is 17.8 Å². The summed E-state index contributed by atoms with van der Waals surface area (Å²) in [7, 11) is 0. The van der Waals surface area contributed by atoms with E-state index in [2.05, 4.69) is 24.1 Å². The summed E-state index contributed by atoms with van der Waals surface area (Å²) in [6, 6.07) is 21.9. The van der Waals surface area contributed by atoms with Gasteiger partial charge in [0.25, 0.3) is 5.91 Å². The number of fused-ring (bicyclic) bond motifs is 1. The molecule has 1 unspecified atom stereocenters. The molecule has 2 aliphatic rings. The Hall–Kier alpha value is -4.85. The Morgan fingerprint density at radius 2 is 1.88 bits per heavy atom. The minimum absolute atomic E-state index is 0.0373. The predicted molar refractivity (Wildman–Crippen MR) is 164 cm³/mol. The molecule has 2 aliphatic heterocycles. The van der Waals surface area contributed by atoms with Gasteiger partial charge in [-0.15, -0.1) is 0 Å². The lowest BCUT2D eigenvalue weighted by Crippen LogP contribution is -2.39. The monoisotopic (exact) mass is 579 g/mol. The van der Waals surface area contributed by atoms with Crippen molar-refractivity contribution in [1.29, 1.82) is 0 Å². The van der Waals surface area contributed by atoms with Crippen molar-refractivity contribution in [2.24, 2.45) is 5.41 Å². The summed E-state index contributed by atoms with van der Waals surface area (Å²) >= 11 is 0. The zero-order chi connectivity index (χ0) is 30.3. The van der Waals surface area contributed by atoms with Gasteiger partial charge in [-0.25, -0.2) is 9.37 Å². The maximum atomic E-state index is 16.2. The van der Waals surface area contributed by atoms with Crippen molar-refractivity contribution in [2.45, 2.75) is 46.8 Å². The van der Waals surface area contributed by atoms with Gasteiger partial charge < -0.3 is 19.9 Å². The number of para-hydroxylation sites is 1. The Balaban J connectivity index is 1.51. The first-order chi connectivity index (χ1) is 20.6. The van der Waals surface area contributed by atoms with E-state index in [-0.39, 0.29) is 29.0 Å². The summed E-state index contributed by atoms with van der Waals surface area (Å²) in [5.41, 5.74) is 4.14. The number of phenolic OH excluding ortho intramolecular Hbond substituents is 1. The summed E-state index contributed by atoms with van der Waals surface area (Å²) in [4.78, 5) is 20.5. The Morgan fingerprint density at radius 3 is 2.63 bits per heavy atom. The number of phenols is 1. The van der Waals surface area contributed by atoms with Gasteiger partial charge in [0.15, 0.2) is 0 Å². The van der Waals surface area contributed by atoms with Crippen molar-refractivity contribution in [3.8, 4) is 11.5 Å². The van der Waals surface area contributed by atoms with Crippen LogP contribution in [0.1, 0.15) is 59.2 Å². The fourth-order valence-corrected chi connectivity index (χ4v) is 5.73. The SMILES string of the molecule is Cc1cc(C)nc(C(=O)N2c3cccc(O)c3NC3=C(OCC(C)(C)C3)C2c2ccc(OCc3ccccc3)cc2F)c1. The van der Waals surface area contributed by atoms with Crippen molar-refractivity contribution >= 4 is 17.3 Å². The van der Waals surface area contributed by atoms with Crippen molar-refractivity contribution in [3.05, 3.63) is 124 Å². The summed E-state index contributed by atoms with van der Waals surface area (Å²) in [5.74, 6) is -0.250. The second-order valence-corrected chi connectivity index (χ2v) is 12.0. The normalized spacial score (nSPS) is 17.2. The quantitative estimate of drug-likeness (QED) is 0.237. The smallest absolute Gasteiger partial charge is 0.277 e. The van der Waals surface area contributed by atoms with E-state index in [4.69, 9.17) is 9.47 Å². The van der Waals surface area contributed by atoms with E-state index in [0.29, 0.717) is 47.3 Å². The first-order valence-corrected chi connectivity index (χ1v) is 14.3. The van der Waals surface area contributed by atoms with Crippen molar-refractivity contribution in [3.63, 3.8) is 0 Å². The van der Waals surface area contributed by atoms with Crippen LogP contribution in [0, 0.1) is 25.1 Å². The summed E-state index contributed by atoms with van der Waals surface area (Å²) in [5, 5.41) is 14.3. The number of ether oxygens (including phenoxy) is 2. The van der Waals surface area contributed by atoms with Crippen LogP contribution < -0.4 is 15.0 Å². The maximum Gasteiger partial charge on any atom is 0.277 e. The van der Waals surface area contributed by atoms with Gasteiger partial charge in [0.2, 0.25) is 0 Å². The Labute approximate surface area is 250 Å². The number of aromatic hydroxyl groups is 1. The summed E-state index contributed by atoms with van der Waals surface area (Å²) in [6.45, 7) is 8.53. The van der Waals surface area contributed by atoms with Crippen molar-refractivity contribution in [2.75, 3.05) is 16.8 Å². The fraction of sp³-hybridized carbons (Fsp3) is 0.257. The highest BCUT2D eigenvalue weighted by Crippen LogP contribution is 2.50. The number of amides is 1. The molecule has 0 bridgehead atoms. The molecule has 0 aliphatic carbocycles. The zero-order valence-electron chi connectivity index (χ0n) is 24.6. The van der Waals surface area contributed by atoms with Crippen LogP contribution in [0.5, 0.6) is 11.5 Å². The van der Waals surface area contributed by atoms with Gasteiger partial charge in [0.1, 0.15) is 47.1 Å². The van der Waals surface area contributed by atoms with Crippen LogP contribution in [0.2, 0.25) is 0 Å². The lowest BCUT2D eigenvalue weighted by molar-refractivity contribution is 0.0756. The number of aromatic nitrogens is 1. The number of benzene rings is 3. The molecule has 0 spiro atoms. The van der Waals surface area contributed by atoms with Gasteiger partial charge in [-0.05, 0) is 67.8 Å². The molecule has 1 amide bonds. The van der Waals surface area contributed by atoms with E-state index >= 15 is 4.39 Å². The number of hydrogen-bond acceptors (Lipinski definition) is 6. The molecule has 4 aromatic rings. The highest BCUT2D eigenvalue weighted by molar-refractivity contribution is 6.08. The molecule has 7 nitrogen and oxygen atoms in total. The van der Waals surface area contributed by atoms with E-state index in [0.717, 1.165) is 11.1 Å². The number of carbonyl (C=O) groups is 1. The highest BCUT2D eigenvalue weighted by atomic mass is 19.1. The molecule has 0 saturated heterocycles. The third-order valence-corrected chi connectivity index (χ3v) is 7.68. The lowest BCUT2D eigenvalue weighted by Gasteiger charge is -2.38. The number of nitrogens with zero attached hydrogens (tertiary/aromatic N) is 2. The number of pyridine rings is 1. The highest BCUT2D eigenvalue weighted by Gasteiger charge is 2.43. The number of nitrogens with one attached hydrogen (secondary N) is 1. The number of anilines is 2. The summed E-state index contributed by atoms with van der Waals surface area (Å²) < 4.78 is 28.5. The van der Waals surface area contributed by atoms with Gasteiger partial charge >= 0.3 is 0 Å². The third kappa shape index (κ3) is 5.65. The van der Waals surface area contributed by atoms with Crippen LogP contribution in [0.3, 0.4) is 0 Å². The van der Waals surface area contributed by atoms with Crippen LogP contribution >= 0.6 is 0 Å². The number of aryl methyl sites for hydroxylation is 2. The van der Waals surface area contributed by atoms with Crippen LogP contribution in [-0.2, 0) is 11.3 Å². The van der Waals surface area contributed by atoms with E-state index in [9.17, 15) is 9.90 Å². The van der Waals surface area contributed by atoms with Gasteiger partial charge in [0, 0.05) is 22.7 Å². The largest absolute Gasteiger partial charge is 0.506 e. The van der Waals surface area contributed by atoms with Crippen LogP contribution in [0.4, 0.5) is 15.8 Å². The molecule has 1 atom stereocenters. The summed E-state index contributed by atoms with van der Waals surface area (Å²) in [6.07, 6.45) is 0.566. The molecule has 43 heavy (non-hydrogen) atoms. The number of hydrogen-bond donors (Lipinski definition) is 2. The lowest BCUT2D eigenvalue weighted by atomic mass is 9.85. The molecule has 0 saturated carbocycles. The van der Waals surface area contributed by atoms with Crippen molar-refractivity contribution < 1.29 is 23.8 Å². The molecule has 0 radical (unpaired) electrons. The Bertz CT molecular complexity index is 1710. The first-order valence-electron chi connectivity index (χ1n) is 14.3. The zero-order valence-corrected chi connectivity index (χ0v) is 24.6. The van der Waals surface area contributed by atoms with E-state index in [1.165, 1.54) is 11.0 Å². The third-order valence-electron chi connectivity index (χ3n) is 7.68. The molecule has 3 heterocycles. The van der Waals surface area contributed by atoms with Crippen LogP contribution in [-0.4, -0.2) is 22.6 Å². The molecule has 220 valence electrons. The van der Waals surface area contributed by atoms with Gasteiger partial charge in [0.05, 0.1) is 18.0 Å². The standard InChI is InChI=1S/C35H34FN3O4/c1-21-15-22(2)37-27(16-21)34(41)39-29-11-8-12-30(40)31(29)38-28-18-35(3,4)20-43-33(28)32(39)25-14-13-24(17-26(25)36)42-19-23-9-6-5-7-10-23/h5-17,32,38,40H,18-20H2,1-4H3. The van der Waals surface area contributed by atoms with Crippen LogP contribution in [0.25, 0.3) is 0 Å². The molecule has 1 aromatic heterocycles. The Morgan fingerprint density at radius 1 is 1.09 bits per heavy atom. The topological polar surface area (TPSA) is 83.9 Å². The Kier molecular flexibility index (Phi) is 7.30. The van der Waals surface area contributed by atoms with Gasteiger partial charge in [-0.2, -0.15) is 0 Å². The minimum atomic E-state index is -0.986. The van der Waals surface area contributed by atoms with Crippen molar-refractivity contribution in [1.82, 2.24) is 4.98 Å². The molecular weight excluding hydrogens is 545 g/mol. The molecule has 2 N–H and O–H groups in total. The minimum Gasteiger partial charge on any atom is -0.506 e. The van der Waals surface area contributed by atoms with E-state index in [1.54, 1.807) is 36.4 Å². The predicted octanol–water partition coefficient (Wildman–Crippen LogP) is 7.59. The average molecular weight is 580 g/mol. The van der Waals surface area contributed by atoms with Gasteiger partial charge in [-0.1, -0.05) is 50.2 Å². The number of halogens is 1. The fourth-order valence-electron chi connectivity index (χ4n) is 5.73. The average Bonchev–Trinajstić information content (AvgIpc) is 3.10. The second kappa shape index (κ2) is 11.1. The number of carbonyl (C=O) groups excluding carboxylic acids is 1. The molecule has 8 heteroatoms. The second-order valence-electron chi connectivity index (χ2n) is 12.0. The molecule has 6 rings (SSSR count). The number of allylic oxidation sites excluding steroid dienone is 1. The van der Waals surface area contributed by atoms with E-state index in [1.807, 2.05) is 50.2 Å². The first kappa shape index (κ1) is 28.3. The maximum absolute atomic E-state index is 16.2. The number of rotatable bonds is 5.